The van der Waals surface area contributed by atoms with Gasteiger partial charge in [-0.3, -0.25) is 0 Å². The molecule has 3 heteroatoms. The SMILES string of the molecule is C[C](C)=[Zr+2].C[N-]C.C[N-]C.[C-]1=CCc2c1ccc1ccc3ccccc3c21.[C-]1=CCc2c1ccc1ccc3ccccc3c21. The van der Waals surface area contributed by atoms with Crippen molar-refractivity contribution in [3.63, 3.8) is 0 Å². The number of benzene rings is 6. The van der Waals surface area contributed by atoms with Crippen LogP contribution in [0.15, 0.2) is 109 Å². The summed E-state index contributed by atoms with van der Waals surface area (Å²) in [6.07, 6.45) is 13.0. The second kappa shape index (κ2) is 16.5. The Morgan fingerprint density at radius 2 is 0.841 bits per heavy atom. The molecule has 0 aliphatic heterocycles. The summed E-state index contributed by atoms with van der Waals surface area (Å²) >= 11 is 1.55. The molecule has 0 N–H and O–H groups in total. The van der Waals surface area contributed by atoms with Gasteiger partial charge in [-0.1, -0.05) is 96.4 Å². The topological polar surface area (TPSA) is 28.2 Å². The third-order valence-corrected chi connectivity index (χ3v) is 7.16. The van der Waals surface area contributed by atoms with Gasteiger partial charge in [0.15, 0.2) is 0 Å². The van der Waals surface area contributed by atoms with Crippen LogP contribution in [0.2, 0.25) is 0 Å². The van der Waals surface area contributed by atoms with Gasteiger partial charge in [0.1, 0.15) is 0 Å². The van der Waals surface area contributed by atoms with Gasteiger partial charge in [0.2, 0.25) is 0 Å². The van der Waals surface area contributed by atoms with E-state index in [0.29, 0.717) is 0 Å². The summed E-state index contributed by atoms with van der Waals surface area (Å²) in [5.41, 5.74) is 5.38. The van der Waals surface area contributed by atoms with Gasteiger partial charge in [0, 0.05) is 0 Å². The number of fused-ring (bicyclic) bond motifs is 10. The van der Waals surface area contributed by atoms with E-state index < -0.39 is 0 Å². The fraction of sp³-hybridized carbons (Fsp3) is 0.195. The van der Waals surface area contributed by atoms with Gasteiger partial charge in [-0.05, 0) is 32.3 Å². The summed E-state index contributed by atoms with van der Waals surface area (Å²) in [7, 11) is 7.00. The van der Waals surface area contributed by atoms with Crippen LogP contribution in [0.1, 0.15) is 36.1 Å². The Morgan fingerprint density at radius 3 is 1.23 bits per heavy atom. The zero-order valence-electron chi connectivity index (χ0n) is 26.7. The van der Waals surface area contributed by atoms with Crippen LogP contribution in [0.4, 0.5) is 0 Å². The van der Waals surface area contributed by atoms with Gasteiger partial charge in [0.05, 0.1) is 0 Å². The molecule has 0 amide bonds. The quantitative estimate of drug-likeness (QED) is 0.116. The third-order valence-electron chi connectivity index (χ3n) is 7.16. The maximum absolute atomic E-state index is 3.50. The summed E-state index contributed by atoms with van der Waals surface area (Å²) in [5, 5.41) is 17.8. The Balaban J connectivity index is 0.000000155. The van der Waals surface area contributed by atoms with E-state index in [9.17, 15) is 0 Å². The van der Waals surface area contributed by atoms with Crippen LogP contribution in [0.5, 0.6) is 0 Å². The zero-order valence-corrected chi connectivity index (χ0v) is 29.2. The molecule has 44 heavy (non-hydrogen) atoms. The molecule has 2 nitrogen and oxygen atoms in total. The number of hydrogen-bond acceptors (Lipinski definition) is 0. The fourth-order valence-corrected chi connectivity index (χ4v) is 5.57. The van der Waals surface area contributed by atoms with Crippen molar-refractivity contribution in [2.75, 3.05) is 28.2 Å². The molecule has 2 aliphatic rings. The molecule has 0 atom stereocenters. The first-order chi connectivity index (χ1) is 21.4. The van der Waals surface area contributed by atoms with E-state index in [2.05, 4.69) is 146 Å². The summed E-state index contributed by atoms with van der Waals surface area (Å²) < 4.78 is 1.51. The van der Waals surface area contributed by atoms with Crippen LogP contribution < -0.4 is 0 Å². The number of hydrogen-bond donors (Lipinski definition) is 0. The maximum Gasteiger partial charge on any atom is -0.0188 e. The van der Waals surface area contributed by atoms with E-state index in [1.54, 1.807) is 52.4 Å². The minimum absolute atomic E-state index is 1.01. The predicted octanol–water partition coefficient (Wildman–Crippen LogP) is 10.5. The zero-order chi connectivity index (χ0) is 31.5. The molecule has 8 rings (SSSR count). The minimum Gasteiger partial charge on any atom is -0.668 e. The Hall–Kier alpha value is -3.49. The standard InChI is InChI=1S/2C17H11.C3H6.2C2H6N.Zr/c2*1-2-6-15-12(4-1)8-10-14-11-9-13-5-3-7-16(13)17(14)15;3*1-3-2;/h2*1-4,6,8-11H,7H2;3*1-2H3;/q2*-1;;2*-1;+2. The van der Waals surface area contributed by atoms with Crippen molar-refractivity contribution in [1.29, 1.82) is 0 Å². The van der Waals surface area contributed by atoms with E-state index >= 15 is 0 Å². The Morgan fingerprint density at radius 1 is 0.523 bits per heavy atom. The monoisotopic (exact) mass is 650 g/mol. The van der Waals surface area contributed by atoms with E-state index in [4.69, 9.17) is 0 Å². The van der Waals surface area contributed by atoms with Crippen LogP contribution in [-0.2, 0) is 37.1 Å². The molecule has 0 unspecified atom stereocenters. The number of allylic oxidation sites excluding steroid dienone is 2. The van der Waals surface area contributed by atoms with Crippen molar-refractivity contribution in [2.45, 2.75) is 26.7 Å². The van der Waals surface area contributed by atoms with Gasteiger partial charge >= 0.3 is 41.3 Å². The molecular weight excluding hydrogens is 612 g/mol. The maximum atomic E-state index is 3.50. The van der Waals surface area contributed by atoms with Crippen molar-refractivity contribution >= 4 is 46.3 Å². The van der Waals surface area contributed by atoms with Crippen molar-refractivity contribution < 1.29 is 24.2 Å². The van der Waals surface area contributed by atoms with Crippen LogP contribution >= 0.6 is 0 Å². The van der Waals surface area contributed by atoms with Gasteiger partial charge in [-0.15, -0.1) is 23.3 Å². The minimum atomic E-state index is 1.01. The molecule has 6 aromatic rings. The molecule has 0 aromatic heterocycles. The number of rotatable bonds is 0. The fourth-order valence-electron chi connectivity index (χ4n) is 5.57. The first-order valence-electron chi connectivity index (χ1n) is 14.9. The molecule has 2 aliphatic carbocycles. The third kappa shape index (κ3) is 7.96. The van der Waals surface area contributed by atoms with E-state index in [-0.39, 0.29) is 0 Å². The van der Waals surface area contributed by atoms with Gasteiger partial charge in [-0.2, -0.15) is 75.8 Å². The Bertz CT molecular complexity index is 1810. The first-order valence-corrected chi connectivity index (χ1v) is 16.2. The molecule has 0 saturated carbocycles. The summed E-state index contributed by atoms with van der Waals surface area (Å²) in [4.78, 5) is 0. The van der Waals surface area contributed by atoms with Crippen LogP contribution in [0.25, 0.3) is 53.7 Å². The van der Waals surface area contributed by atoms with Crippen molar-refractivity contribution in [1.82, 2.24) is 0 Å². The second-order valence-corrected chi connectivity index (χ2v) is 13.4. The normalized spacial score (nSPS) is 11.8. The van der Waals surface area contributed by atoms with Crippen molar-refractivity contribution in [3.8, 4) is 0 Å². The smallest absolute Gasteiger partial charge is 0.0188 e. The summed E-state index contributed by atoms with van der Waals surface area (Å²) in [5.74, 6) is 0. The summed E-state index contributed by atoms with van der Waals surface area (Å²) in [6, 6.07) is 34.8. The van der Waals surface area contributed by atoms with Gasteiger partial charge < -0.3 is 10.6 Å². The van der Waals surface area contributed by atoms with Crippen LogP contribution in [0.3, 0.4) is 0 Å². The van der Waals surface area contributed by atoms with E-state index in [1.807, 2.05) is 0 Å². The van der Waals surface area contributed by atoms with Gasteiger partial charge in [-0.25, -0.2) is 0 Å². The molecule has 0 radical (unpaired) electrons. The molecule has 0 saturated heterocycles. The van der Waals surface area contributed by atoms with Crippen LogP contribution in [0, 0.1) is 12.2 Å². The summed E-state index contributed by atoms with van der Waals surface area (Å²) in [6.45, 7) is 4.25. The second-order valence-electron chi connectivity index (χ2n) is 11.0. The van der Waals surface area contributed by atoms with E-state index in [0.717, 1.165) is 12.8 Å². The molecule has 0 spiro atoms. The predicted molar refractivity (Wildman–Crippen MR) is 191 cm³/mol. The Kier molecular flexibility index (Phi) is 12.6. The average molecular weight is 652 g/mol. The van der Waals surface area contributed by atoms with Crippen molar-refractivity contribution in [3.05, 3.63) is 154 Å². The molecule has 0 bridgehead atoms. The van der Waals surface area contributed by atoms with E-state index in [1.165, 1.54) is 68.5 Å². The molecular formula is C41H40N2Zr-2. The van der Waals surface area contributed by atoms with Crippen molar-refractivity contribution in [2.24, 2.45) is 0 Å². The Labute approximate surface area is 278 Å². The first kappa shape index (κ1) is 33.4. The van der Waals surface area contributed by atoms with Gasteiger partial charge in [0.25, 0.3) is 0 Å². The van der Waals surface area contributed by atoms with Crippen LogP contribution in [-0.4, -0.2) is 31.4 Å². The average Bonchev–Trinajstić information content (AvgIpc) is 3.71. The molecule has 0 fully saturated rings. The largest absolute Gasteiger partial charge is 0.668 e. The number of nitrogens with zero attached hydrogens (tertiary/aromatic N) is 2. The molecule has 0 heterocycles. The molecule has 6 aromatic carbocycles. The molecule has 220 valence electrons.